The van der Waals surface area contributed by atoms with Gasteiger partial charge in [0.2, 0.25) is 5.78 Å². The zero-order valence-corrected chi connectivity index (χ0v) is 11.5. The molecule has 0 atom stereocenters. The molecule has 5 heteroatoms. The van der Waals surface area contributed by atoms with Crippen LogP contribution < -0.4 is 0 Å². The van der Waals surface area contributed by atoms with Crippen LogP contribution >= 0.6 is 46.6 Å². The van der Waals surface area contributed by atoms with Crippen molar-refractivity contribution >= 4 is 52.4 Å². The average molecular weight is 264 g/mol. The lowest BCUT2D eigenvalue weighted by Crippen LogP contribution is -2.26. The van der Waals surface area contributed by atoms with Crippen LogP contribution in [0.1, 0.15) is 9.67 Å². The smallest absolute Gasteiger partial charge is 0.209 e. The largest absolute Gasteiger partial charge is 0.290 e. The van der Waals surface area contributed by atoms with E-state index in [9.17, 15) is 4.79 Å². The van der Waals surface area contributed by atoms with Gasteiger partial charge in [-0.25, -0.2) is 0 Å². The van der Waals surface area contributed by atoms with Gasteiger partial charge in [-0.1, -0.05) is 6.07 Å². The van der Waals surface area contributed by atoms with Gasteiger partial charge in [0.25, 0.3) is 0 Å². The van der Waals surface area contributed by atoms with E-state index in [0.29, 0.717) is 0 Å². The molecule has 0 saturated carbocycles. The predicted octanol–water partition coefficient (Wildman–Crippen LogP) is 3.67. The molecule has 0 aromatic carbocycles. The molecule has 0 unspecified atom stereocenters. The van der Waals surface area contributed by atoms with Crippen molar-refractivity contribution in [3.63, 3.8) is 0 Å². The Morgan fingerprint density at radius 2 is 1.86 bits per heavy atom. The van der Waals surface area contributed by atoms with Crippen LogP contribution in [0.4, 0.5) is 0 Å². The molecule has 1 nitrogen and oxygen atoms in total. The minimum absolute atomic E-state index is 0.222. The SMILES string of the molecule is CSC(SC)(SC)C(=O)c1cccs1. The molecule has 0 aliphatic heterocycles. The number of rotatable bonds is 5. The molecule has 0 amide bonds. The third kappa shape index (κ3) is 2.32. The van der Waals surface area contributed by atoms with Crippen molar-refractivity contribution in [1.82, 2.24) is 0 Å². The third-order valence-electron chi connectivity index (χ3n) is 1.83. The van der Waals surface area contributed by atoms with Crippen molar-refractivity contribution in [3.8, 4) is 0 Å². The molecule has 1 heterocycles. The van der Waals surface area contributed by atoms with Crippen molar-refractivity contribution in [2.24, 2.45) is 0 Å². The molecule has 0 saturated heterocycles. The Morgan fingerprint density at radius 3 is 2.21 bits per heavy atom. The highest BCUT2D eigenvalue weighted by atomic mass is 32.3. The fourth-order valence-corrected chi connectivity index (χ4v) is 4.89. The van der Waals surface area contributed by atoms with E-state index in [1.165, 1.54) is 11.3 Å². The van der Waals surface area contributed by atoms with Crippen LogP contribution in [0.15, 0.2) is 17.5 Å². The summed E-state index contributed by atoms with van der Waals surface area (Å²) in [5, 5.41) is 1.94. The van der Waals surface area contributed by atoms with Crippen molar-refractivity contribution < 1.29 is 4.79 Å². The van der Waals surface area contributed by atoms with Crippen molar-refractivity contribution in [1.29, 1.82) is 0 Å². The minimum Gasteiger partial charge on any atom is -0.290 e. The second-order valence-corrected chi connectivity index (χ2v) is 7.26. The summed E-state index contributed by atoms with van der Waals surface area (Å²) in [5.74, 6) is 0.222. The highest BCUT2D eigenvalue weighted by Crippen LogP contribution is 2.46. The predicted molar refractivity (Wildman–Crippen MR) is 71.9 cm³/mol. The summed E-state index contributed by atoms with van der Waals surface area (Å²) in [7, 11) is 0. The molecule has 0 bridgehead atoms. The second-order valence-electron chi connectivity index (χ2n) is 2.47. The van der Waals surface area contributed by atoms with Crippen molar-refractivity contribution in [2.75, 3.05) is 18.8 Å². The van der Waals surface area contributed by atoms with Crippen LogP contribution in [0.25, 0.3) is 0 Å². The lowest BCUT2D eigenvalue weighted by Gasteiger charge is -2.25. The molecule has 1 aromatic heterocycles. The maximum Gasteiger partial charge on any atom is 0.209 e. The van der Waals surface area contributed by atoms with Gasteiger partial charge in [-0.3, -0.25) is 4.79 Å². The number of hydrogen-bond acceptors (Lipinski definition) is 5. The first kappa shape index (κ1) is 12.5. The number of hydrogen-bond donors (Lipinski definition) is 0. The Hall–Kier alpha value is 0.420. The third-order valence-corrected chi connectivity index (χ3v) is 7.87. The summed E-state index contributed by atoms with van der Waals surface area (Å²) in [6.45, 7) is 0. The molecule has 0 radical (unpaired) electrons. The van der Waals surface area contributed by atoms with E-state index in [-0.39, 0.29) is 9.19 Å². The van der Waals surface area contributed by atoms with E-state index in [0.717, 1.165) is 4.88 Å². The summed E-state index contributed by atoms with van der Waals surface area (Å²) < 4.78 is -0.370. The van der Waals surface area contributed by atoms with Crippen molar-refractivity contribution in [3.05, 3.63) is 22.4 Å². The van der Waals surface area contributed by atoms with E-state index in [4.69, 9.17) is 0 Å². The molecule has 0 aliphatic carbocycles. The fourth-order valence-electron chi connectivity index (χ4n) is 1.09. The first-order chi connectivity index (χ1) is 6.70. The van der Waals surface area contributed by atoms with E-state index >= 15 is 0 Å². The first-order valence-corrected chi connectivity index (χ1v) is 8.49. The van der Waals surface area contributed by atoms with E-state index in [1.807, 2.05) is 36.3 Å². The molecular weight excluding hydrogens is 252 g/mol. The molecule has 0 fully saturated rings. The molecule has 1 aromatic rings. The number of ketones is 1. The summed E-state index contributed by atoms with van der Waals surface area (Å²) >= 11 is 6.33. The quantitative estimate of drug-likeness (QED) is 0.596. The Labute approximate surface area is 101 Å². The highest BCUT2D eigenvalue weighted by Gasteiger charge is 2.37. The van der Waals surface area contributed by atoms with Gasteiger partial charge < -0.3 is 0 Å². The minimum atomic E-state index is -0.370. The van der Waals surface area contributed by atoms with Crippen LogP contribution in [0.3, 0.4) is 0 Å². The van der Waals surface area contributed by atoms with Crippen LogP contribution in [0.2, 0.25) is 0 Å². The van der Waals surface area contributed by atoms with E-state index < -0.39 is 0 Å². The molecular formula is C9H12OS4. The fraction of sp³-hybridized carbons (Fsp3) is 0.444. The number of carbonyl (C=O) groups excluding carboxylic acids is 1. The van der Waals surface area contributed by atoms with Gasteiger partial charge in [0.15, 0.2) is 3.41 Å². The van der Waals surface area contributed by atoms with Gasteiger partial charge in [-0.05, 0) is 30.2 Å². The van der Waals surface area contributed by atoms with Gasteiger partial charge in [-0.2, -0.15) is 0 Å². The van der Waals surface area contributed by atoms with Crippen LogP contribution in [0.5, 0.6) is 0 Å². The molecule has 0 N–H and O–H groups in total. The van der Waals surface area contributed by atoms with Gasteiger partial charge >= 0.3 is 0 Å². The van der Waals surface area contributed by atoms with E-state index in [1.54, 1.807) is 35.3 Å². The first-order valence-electron chi connectivity index (χ1n) is 3.94. The molecule has 0 aliphatic rings. The standard InChI is InChI=1S/C9H12OS4/c1-11-9(12-2,13-3)8(10)7-5-4-6-14-7/h4-6H,1-3H3. The second kappa shape index (κ2) is 5.49. The zero-order chi connectivity index (χ0) is 10.6. The number of Topliss-reactive ketones (excluding diaryl/α,β-unsaturated/α-hetero) is 1. The lowest BCUT2D eigenvalue weighted by atomic mass is 10.3. The molecule has 14 heavy (non-hydrogen) atoms. The maximum absolute atomic E-state index is 12.2. The Balaban J connectivity index is 2.95. The van der Waals surface area contributed by atoms with Crippen LogP contribution in [-0.2, 0) is 0 Å². The number of thioether (sulfide) groups is 3. The summed E-state index contributed by atoms with van der Waals surface area (Å²) in [5.41, 5.74) is 0. The summed E-state index contributed by atoms with van der Waals surface area (Å²) in [6.07, 6.45) is 5.95. The number of carbonyl (C=O) groups is 1. The van der Waals surface area contributed by atoms with Gasteiger partial charge in [0.1, 0.15) is 0 Å². The molecule has 1 rings (SSSR count). The van der Waals surface area contributed by atoms with Crippen molar-refractivity contribution in [2.45, 2.75) is 3.41 Å². The van der Waals surface area contributed by atoms with Gasteiger partial charge in [0.05, 0.1) is 4.88 Å². The normalized spacial score (nSPS) is 11.6. The zero-order valence-electron chi connectivity index (χ0n) is 8.27. The summed E-state index contributed by atoms with van der Waals surface area (Å²) in [4.78, 5) is 13.0. The molecule has 78 valence electrons. The molecule has 0 spiro atoms. The Morgan fingerprint density at radius 1 is 1.29 bits per heavy atom. The van der Waals surface area contributed by atoms with Gasteiger partial charge in [0, 0.05) is 0 Å². The van der Waals surface area contributed by atoms with Gasteiger partial charge in [-0.15, -0.1) is 46.6 Å². The average Bonchev–Trinajstić information content (AvgIpc) is 2.74. The Bertz CT molecular complexity index is 282. The Kier molecular flexibility index (Phi) is 4.90. The maximum atomic E-state index is 12.2. The van der Waals surface area contributed by atoms with Crippen LogP contribution in [0, 0.1) is 0 Å². The number of thiophene rings is 1. The van der Waals surface area contributed by atoms with Crippen LogP contribution in [-0.4, -0.2) is 28.0 Å². The lowest BCUT2D eigenvalue weighted by molar-refractivity contribution is 0.101. The highest BCUT2D eigenvalue weighted by molar-refractivity contribution is 8.34. The monoisotopic (exact) mass is 264 g/mol. The summed E-state index contributed by atoms with van der Waals surface area (Å²) in [6, 6.07) is 3.81. The van der Waals surface area contributed by atoms with E-state index in [2.05, 4.69) is 0 Å². The topological polar surface area (TPSA) is 17.1 Å².